The van der Waals surface area contributed by atoms with Crippen LogP contribution in [0.2, 0.25) is 0 Å². The summed E-state index contributed by atoms with van der Waals surface area (Å²) >= 11 is 5.56. The summed E-state index contributed by atoms with van der Waals surface area (Å²) in [6.45, 7) is 1.99. The van der Waals surface area contributed by atoms with Crippen molar-refractivity contribution in [2.24, 2.45) is 0 Å². The normalized spacial score (nSPS) is 17.5. The minimum absolute atomic E-state index is 0.180. The number of aromatic nitrogens is 1. The van der Waals surface area contributed by atoms with Gasteiger partial charge in [0, 0.05) is 25.2 Å². The number of hydrogen-bond donors (Lipinski definition) is 0. The van der Waals surface area contributed by atoms with Gasteiger partial charge in [0.05, 0.1) is 18.3 Å². The molecule has 1 aromatic heterocycles. The minimum atomic E-state index is -4.34. The Balaban J connectivity index is 1.90. The molecule has 0 unspecified atom stereocenters. The number of alkyl halides is 4. The zero-order chi connectivity index (χ0) is 14.6. The van der Waals surface area contributed by atoms with E-state index in [4.69, 9.17) is 16.3 Å². The third kappa shape index (κ3) is 3.99. The second kappa shape index (κ2) is 6.63. The summed E-state index contributed by atoms with van der Waals surface area (Å²) < 4.78 is 42.9. The Kier molecular flexibility index (Phi) is 5.10. The molecular formula is C13H16ClF3N2O. The van der Waals surface area contributed by atoms with Crippen molar-refractivity contribution >= 4 is 17.4 Å². The number of ether oxygens (including phenoxy) is 1. The van der Waals surface area contributed by atoms with Gasteiger partial charge in [0.25, 0.3) is 0 Å². The Morgan fingerprint density at radius 3 is 2.50 bits per heavy atom. The van der Waals surface area contributed by atoms with Gasteiger partial charge >= 0.3 is 6.18 Å². The first-order chi connectivity index (χ1) is 9.50. The Morgan fingerprint density at radius 1 is 1.30 bits per heavy atom. The zero-order valence-electron chi connectivity index (χ0n) is 10.9. The van der Waals surface area contributed by atoms with Crippen molar-refractivity contribution in [3.05, 3.63) is 23.9 Å². The molecular weight excluding hydrogens is 293 g/mol. The summed E-state index contributed by atoms with van der Waals surface area (Å²) in [5.41, 5.74) is -0.721. The largest absolute Gasteiger partial charge is 0.417 e. The van der Waals surface area contributed by atoms with E-state index in [1.54, 1.807) is 0 Å². The van der Waals surface area contributed by atoms with Crippen molar-refractivity contribution in [3.8, 4) is 0 Å². The first kappa shape index (κ1) is 15.4. The number of hydrogen-bond acceptors (Lipinski definition) is 3. The lowest BCUT2D eigenvalue weighted by molar-refractivity contribution is -0.137. The molecule has 1 saturated heterocycles. The van der Waals surface area contributed by atoms with Gasteiger partial charge in [-0.15, -0.1) is 11.6 Å². The Morgan fingerprint density at radius 2 is 2.00 bits per heavy atom. The average molecular weight is 309 g/mol. The van der Waals surface area contributed by atoms with E-state index in [0.29, 0.717) is 18.3 Å². The van der Waals surface area contributed by atoms with Crippen molar-refractivity contribution < 1.29 is 17.9 Å². The van der Waals surface area contributed by atoms with E-state index in [2.05, 4.69) is 4.98 Å². The van der Waals surface area contributed by atoms with Crippen molar-refractivity contribution in [2.75, 3.05) is 30.5 Å². The van der Waals surface area contributed by atoms with E-state index in [0.717, 1.165) is 38.2 Å². The van der Waals surface area contributed by atoms with Gasteiger partial charge in [0.15, 0.2) is 0 Å². The number of halogens is 4. The van der Waals surface area contributed by atoms with Gasteiger partial charge in [0.2, 0.25) is 0 Å². The van der Waals surface area contributed by atoms with E-state index < -0.39 is 11.7 Å². The van der Waals surface area contributed by atoms with Crippen LogP contribution in [0.4, 0.5) is 19.0 Å². The zero-order valence-corrected chi connectivity index (χ0v) is 11.6. The van der Waals surface area contributed by atoms with Crippen molar-refractivity contribution in [1.82, 2.24) is 4.98 Å². The topological polar surface area (TPSA) is 25.4 Å². The highest BCUT2D eigenvalue weighted by molar-refractivity contribution is 6.17. The molecule has 0 saturated carbocycles. The molecule has 0 aliphatic carbocycles. The molecule has 1 aromatic rings. The van der Waals surface area contributed by atoms with Gasteiger partial charge in [-0.2, -0.15) is 13.2 Å². The summed E-state index contributed by atoms with van der Waals surface area (Å²) in [7, 11) is 0. The molecule has 0 spiro atoms. The highest BCUT2D eigenvalue weighted by atomic mass is 35.5. The summed E-state index contributed by atoms with van der Waals surface area (Å²) in [5.74, 6) is 1.05. The van der Waals surface area contributed by atoms with Crippen LogP contribution in [0.25, 0.3) is 0 Å². The molecule has 1 aliphatic heterocycles. The standard InChI is InChI=1S/C13H16ClF3N2O/c14-5-8-20-11-3-6-19(7-4-11)12-2-1-10(9-18-12)13(15,16)17/h1-2,9,11H,3-8H2. The quantitative estimate of drug-likeness (QED) is 0.798. The monoisotopic (exact) mass is 308 g/mol. The van der Waals surface area contributed by atoms with E-state index >= 15 is 0 Å². The molecule has 112 valence electrons. The van der Waals surface area contributed by atoms with Crippen LogP contribution in [-0.4, -0.2) is 36.7 Å². The Hall–Kier alpha value is -1.01. The third-order valence-corrected chi connectivity index (χ3v) is 3.43. The van der Waals surface area contributed by atoms with E-state index in [1.165, 1.54) is 6.07 Å². The SMILES string of the molecule is FC(F)(F)c1ccc(N2CCC(OCCCl)CC2)nc1. The van der Waals surface area contributed by atoms with Crippen LogP contribution >= 0.6 is 11.6 Å². The van der Waals surface area contributed by atoms with Crippen LogP contribution in [-0.2, 0) is 10.9 Å². The first-order valence-corrected chi connectivity index (χ1v) is 7.00. The van der Waals surface area contributed by atoms with Crippen molar-refractivity contribution in [2.45, 2.75) is 25.1 Å². The second-order valence-electron chi connectivity index (χ2n) is 4.65. The van der Waals surface area contributed by atoms with Gasteiger partial charge in [-0.3, -0.25) is 0 Å². The lowest BCUT2D eigenvalue weighted by Gasteiger charge is -2.32. The molecule has 1 aliphatic rings. The fraction of sp³-hybridized carbons (Fsp3) is 0.615. The fourth-order valence-electron chi connectivity index (χ4n) is 2.20. The maximum atomic E-state index is 12.5. The van der Waals surface area contributed by atoms with Gasteiger partial charge in [0.1, 0.15) is 5.82 Å². The smallest absolute Gasteiger partial charge is 0.377 e. The highest BCUT2D eigenvalue weighted by Gasteiger charge is 2.31. The van der Waals surface area contributed by atoms with Gasteiger partial charge in [-0.1, -0.05) is 0 Å². The number of nitrogens with zero attached hydrogens (tertiary/aromatic N) is 2. The van der Waals surface area contributed by atoms with E-state index in [-0.39, 0.29) is 6.10 Å². The highest BCUT2D eigenvalue weighted by Crippen LogP contribution is 2.29. The van der Waals surface area contributed by atoms with E-state index in [1.807, 2.05) is 4.90 Å². The molecule has 0 atom stereocenters. The molecule has 0 radical (unpaired) electrons. The molecule has 0 N–H and O–H groups in total. The second-order valence-corrected chi connectivity index (χ2v) is 5.03. The van der Waals surface area contributed by atoms with Crippen LogP contribution in [0.1, 0.15) is 18.4 Å². The van der Waals surface area contributed by atoms with Gasteiger partial charge in [-0.25, -0.2) is 4.98 Å². The average Bonchev–Trinajstić information content (AvgIpc) is 2.45. The predicted molar refractivity (Wildman–Crippen MR) is 71.1 cm³/mol. The van der Waals surface area contributed by atoms with Crippen molar-refractivity contribution in [1.29, 1.82) is 0 Å². The van der Waals surface area contributed by atoms with Gasteiger partial charge in [-0.05, 0) is 25.0 Å². The molecule has 1 fully saturated rings. The van der Waals surface area contributed by atoms with Crippen LogP contribution in [0.15, 0.2) is 18.3 Å². The maximum Gasteiger partial charge on any atom is 0.417 e. The molecule has 3 nitrogen and oxygen atoms in total. The lowest BCUT2D eigenvalue weighted by Crippen LogP contribution is -2.37. The molecule has 7 heteroatoms. The molecule has 0 bridgehead atoms. The fourth-order valence-corrected chi connectivity index (χ4v) is 2.29. The number of rotatable bonds is 4. The van der Waals surface area contributed by atoms with Crippen LogP contribution in [0.5, 0.6) is 0 Å². The maximum absolute atomic E-state index is 12.5. The molecule has 0 aromatic carbocycles. The molecule has 0 amide bonds. The predicted octanol–water partition coefficient (Wildman–Crippen LogP) is 3.32. The Labute approximate surface area is 120 Å². The number of piperidine rings is 1. The lowest BCUT2D eigenvalue weighted by atomic mass is 10.1. The summed E-state index contributed by atoms with van der Waals surface area (Å²) in [6, 6.07) is 2.49. The summed E-state index contributed by atoms with van der Waals surface area (Å²) in [6.07, 6.45) is -1.61. The van der Waals surface area contributed by atoms with Crippen molar-refractivity contribution in [3.63, 3.8) is 0 Å². The van der Waals surface area contributed by atoms with Crippen LogP contribution in [0.3, 0.4) is 0 Å². The number of anilines is 1. The first-order valence-electron chi connectivity index (χ1n) is 6.46. The number of pyridine rings is 1. The molecule has 20 heavy (non-hydrogen) atoms. The molecule has 2 heterocycles. The van der Waals surface area contributed by atoms with Crippen LogP contribution in [0, 0.1) is 0 Å². The minimum Gasteiger partial charge on any atom is -0.377 e. The third-order valence-electron chi connectivity index (χ3n) is 3.27. The summed E-state index contributed by atoms with van der Waals surface area (Å²) in [5, 5.41) is 0. The van der Waals surface area contributed by atoms with Gasteiger partial charge < -0.3 is 9.64 Å². The molecule has 2 rings (SSSR count). The summed E-state index contributed by atoms with van der Waals surface area (Å²) in [4.78, 5) is 5.87. The Bertz CT molecular complexity index is 417. The van der Waals surface area contributed by atoms with E-state index in [9.17, 15) is 13.2 Å². The van der Waals surface area contributed by atoms with Crippen LogP contribution < -0.4 is 4.90 Å².